The minimum Gasteiger partial charge on any atom is -0.449 e. The molecule has 2 aliphatic rings. The predicted molar refractivity (Wildman–Crippen MR) is 144 cm³/mol. The average molecular weight is 521 g/mol. The number of carbonyl (C=O) groups excluding carboxylic acids is 2. The maximum atomic E-state index is 13.4. The van der Waals surface area contributed by atoms with Crippen LogP contribution in [-0.4, -0.2) is 64.1 Å². The molecule has 0 radical (unpaired) electrons. The zero-order valence-electron chi connectivity index (χ0n) is 21.7. The van der Waals surface area contributed by atoms with Crippen LogP contribution in [0.5, 0.6) is 0 Å². The highest BCUT2D eigenvalue weighted by Gasteiger charge is 2.31. The lowest BCUT2D eigenvalue weighted by atomic mass is 9.82. The van der Waals surface area contributed by atoms with E-state index in [4.69, 9.17) is 21.3 Å². The summed E-state index contributed by atoms with van der Waals surface area (Å²) < 4.78 is 5.29. The second kappa shape index (κ2) is 10.7. The number of hydrogen-bond donors (Lipinski definition) is 0. The van der Waals surface area contributed by atoms with Crippen molar-refractivity contribution in [3.8, 4) is 0 Å². The molecule has 3 aromatic rings. The third-order valence-corrected chi connectivity index (χ3v) is 7.94. The monoisotopic (exact) mass is 520 g/mol. The lowest BCUT2D eigenvalue weighted by Gasteiger charge is -2.39. The van der Waals surface area contributed by atoms with Gasteiger partial charge in [0.2, 0.25) is 0 Å². The van der Waals surface area contributed by atoms with Gasteiger partial charge in [-0.3, -0.25) is 14.8 Å². The molecule has 1 aliphatic carbocycles. The Morgan fingerprint density at radius 1 is 1.19 bits per heavy atom. The van der Waals surface area contributed by atoms with E-state index < -0.39 is 0 Å². The van der Waals surface area contributed by atoms with Crippen LogP contribution in [0.25, 0.3) is 10.9 Å². The summed E-state index contributed by atoms with van der Waals surface area (Å²) in [5.74, 6) is 0.318. The van der Waals surface area contributed by atoms with Crippen LogP contribution in [0.2, 0.25) is 5.02 Å². The Kier molecular flexibility index (Phi) is 7.33. The average Bonchev–Trinajstić information content (AvgIpc) is 2.90. The summed E-state index contributed by atoms with van der Waals surface area (Å²) >= 11 is 6.87. The van der Waals surface area contributed by atoms with Gasteiger partial charge in [-0.1, -0.05) is 24.6 Å². The van der Waals surface area contributed by atoms with Crippen molar-refractivity contribution in [1.82, 2.24) is 19.8 Å². The summed E-state index contributed by atoms with van der Waals surface area (Å²) in [6, 6.07) is 9.74. The van der Waals surface area contributed by atoms with Gasteiger partial charge in [0.05, 0.1) is 17.1 Å². The Balaban J connectivity index is 1.35. The van der Waals surface area contributed by atoms with Gasteiger partial charge >= 0.3 is 6.09 Å². The van der Waals surface area contributed by atoms with Gasteiger partial charge in [0.1, 0.15) is 0 Å². The number of carbonyl (C=O) groups is 2. The number of nitrogens with zero attached hydrogens (tertiary/aromatic N) is 4. The molecule has 1 aliphatic heterocycles. The molecule has 37 heavy (non-hydrogen) atoms. The van der Waals surface area contributed by atoms with Crippen LogP contribution in [0.1, 0.15) is 65.5 Å². The highest BCUT2D eigenvalue weighted by atomic mass is 35.5. The van der Waals surface area contributed by atoms with E-state index in [1.54, 1.807) is 9.80 Å². The summed E-state index contributed by atoms with van der Waals surface area (Å²) in [7, 11) is 0. The molecule has 2 atom stereocenters. The van der Waals surface area contributed by atoms with Gasteiger partial charge < -0.3 is 14.5 Å². The fourth-order valence-corrected chi connectivity index (χ4v) is 5.86. The Morgan fingerprint density at radius 2 is 2.03 bits per heavy atom. The van der Waals surface area contributed by atoms with Crippen molar-refractivity contribution in [2.45, 2.75) is 58.4 Å². The molecule has 3 heterocycles. The van der Waals surface area contributed by atoms with Crippen molar-refractivity contribution in [2.24, 2.45) is 0 Å². The summed E-state index contributed by atoms with van der Waals surface area (Å²) in [5.41, 5.74) is 5.77. The Labute approximate surface area is 222 Å². The van der Waals surface area contributed by atoms with Crippen LogP contribution in [0.4, 0.5) is 4.79 Å². The number of fused-ring (bicyclic) bond motifs is 2. The van der Waals surface area contributed by atoms with Crippen molar-refractivity contribution in [2.75, 3.05) is 26.2 Å². The molecule has 194 valence electrons. The predicted octanol–water partition coefficient (Wildman–Crippen LogP) is 5.56. The highest BCUT2D eigenvalue weighted by molar-refractivity contribution is 6.36. The Morgan fingerprint density at radius 3 is 2.78 bits per heavy atom. The summed E-state index contributed by atoms with van der Waals surface area (Å²) in [5, 5.41) is 1.63. The van der Waals surface area contributed by atoms with E-state index in [1.807, 2.05) is 45.2 Å². The van der Waals surface area contributed by atoms with Crippen molar-refractivity contribution in [3.05, 3.63) is 69.6 Å². The molecular weight excluding hydrogens is 488 g/mol. The van der Waals surface area contributed by atoms with Crippen LogP contribution in [0.15, 0.2) is 36.5 Å². The molecule has 2 aromatic heterocycles. The number of hydrogen-bond acceptors (Lipinski definition) is 5. The molecular formula is C29H33ClN4O3. The third-order valence-electron chi connectivity index (χ3n) is 7.50. The van der Waals surface area contributed by atoms with E-state index in [1.165, 1.54) is 5.56 Å². The third kappa shape index (κ3) is 5.14. The molecule has 1 aromatic carbocycles. The Hall–Kier alpha value is -3.19. The minimum atomic E-state index is -0.309. The van der Waals surface area contributed by atoms with Gasteiger partial charge in [-0.2, -0.15) is 0 Å². The van der Waals surface area contributed by atoms with Gasteiger partial charge in [-0.15, -0.1) is 0 Å². The molecule has 1 fully saturated rings. The van der Waals surface area contributed by atoms with E-state index in [2.05, 4.69) is 17.1 Å². The topological polar surface area (TPSA) is 75.6 Å². The van der Waals surface area contributed by atoms with Crippen LogP contribution >= 0.6 is 11.6 Å². The first-order valence-corrected chi connectivity index (χ1v) is 13.5. The SMILES string of the molecule is CCCOC(=O)N1CCN(C(=O)c2ccc3c(Cl)c4c(nc3c2)CC(c2ccnc(C)c2)CC4)CC1C. The van der Waals surface area contributed by atoms with Gasteiger partial charge in [0.25, 0.3) is 5.91 Å². The van der Waals surface area contributed by atoms with Crippen LogP contribution in [0, 0.1) is 6.92 Å². The number of aryl methyl sites for hydroxylation is 1. The lowest BCUT2D eigenvalue weighted by molar-refractivity contribution is 0.0412. The number of piperazine rings is 1. The maximum Gasteiger partial charge on any atom is 0.410 e. The number of aromatic nitrogens is 2. The molecule has 0 bridgehead atoms. The van der Waals surface area contributed by atoms with E-state index >= 15 is 0 Å². The minimum absolute atomic E-state index is 0.0592. The molecule has 0 saturated carbocycles. The van der Waals surface area contributed by atoms with Crippen LogP contribution in [-0.2, 0) is 17.6 Å². The highest BCUT2D eigenvalue weighted by Crippen LogP contribution is 2.38. The van der Waals surface area contributed by atoms with Crippen LogP contribution in [0.3, 0.4) is 0 Å². The van der Waals surface area contributed by atoms with E-state index in [-0.39, 0.29) is 18.0 Å². The smallest absolute Gasteiger partial charge is 0.410 e. The summed E-state index contributed by atoms with van der Waals surface area (Å²) in [4.78, 5) is 38.6. The number of benzene rings is 1. The summed E-state index contributed by atoms with van der Waals surface area (Å²) in [6.07, 6.45) is 5.07. The molecule has 0 N–H and O–H groups in total. The van der Waals surface area contributed by atoms with Crippen molar-refractivity contribution >= 4 is 34.5 Å². The van der Waals surface area contributed by atoms with Gasteiger partial charge in [-0.05, 0) is 80.8 Å². The molecule has 0 spiro atoms. The number of rotatable bonds is 4. The van der Waals surface area contributed by atoms with Crippen molar-refractivity contribution < 1.29 is 14.3 Å². The van der Waals surface area contributed by atoms with Crippen molar-refractivity contribution in [1.29, 1.82) is 0 Å². The molecule has 5 rings (SSSR count). The number of ether oxygens (including phenoxy) is 1. The first-order chi connectivity index (χ1) is 17.9. The second-order valence-corrected chi connectivity index (χ2v) is 10.5. The molecule has 2 unspecified atom stereocenters. The lowest BCUT2D eigenvalue weighted by Crippen LogP contribution is -2.55. The molecule has 7 nitrogen and oxygen atoms in total. The number of pyridine rings is 2. The zero-order chi connectivity index (χ0) is 26.1. The summed E-state index contributed by atoms with van der Waals surface area (Å²) in [6.45, 7) is 7.72. The number of amides is 2. The van der Waals surface area contributed by atoms with E-state index in [0.29, 0.717) is 37.7 Å². The Bertz CT molecular complexity index is 1340. The molecule has 2 amide bonds. The maximum absolute atomic E-state index is 13.4. The molecule has 8 heteroatoms. The first-order valence-electron chi connectivity index (χ1n) is 13.1. The fraction of sp³-hybridized carbons (Fsp3) is 0.448. The van der Waals surface area contributed by atoms with Gasteiger partial charge in [0, 0.05) is 54.2 Å². The normalized spacial score (nSPS) is 19.6. The van der Waals surface area contributed by atoms with Gasteiger partial charge in [0.15, 0.2) is 0 Å². The quantitative estimate of drug-likeness (QED) is 0.450. The first kappa shape index (κ1) is 25.5. The standard InChI is InChI=1S/C29H33ClN4O3/c1-4-13-37-29(36)34-12-11-33(17-19(34)3)28(35)22-6-8-24-26(16-22)32-25-15-20(5-7-23(25)27(24)30)21-9-10-31-18(2)14-21/h6,8-10,14,16,19-20H,4-5,7,11-13,15,17H2,1-3H3. The van der Waals surface area contributed by atoms with E-state index in [0.717, 1.165) is 58.6 Å². The van der Waals surface area contributed by atoms with Crippen molar-refractivity contribution in [3.63, 3.8) is 0 Å². The number of halogens is 1. The zero-order valence-corrected chi connectivity index (χ0v) is 22.4. The second-order valence-electron chi connectivity index (χ2n) is 10.2. The van der Waals surface area contributed by atoms with E-state index in [9.17, 15) is 9.59 Å². The molecule has 1 saturated heterocycles. The fourth-order valence-electron chi connectivity index (χ4n) is 5.50. The van der Waals surface area contributed by atoms with Gasteiger partial charge in [-0.25, -0.2) is 4.79 Å². The largest absolute Gasteiger partial charge is 0.449 e. The van der Waals surface area contributed by atoms with Crippen LogP contribution < -0.4 is 0 Å².